The highest BCUT2D eigenvalue weighted by molar-refractivity contribution is 7.15. The summed E-state index contributed by atoms with van der Waals surface area (Å²) in [4.78, 5) is 30.3. The Kier molecular flexibility index (Phi) is 4.36. The van der Waals surface area contributed by atoms with Crippen LogP contribution in [-0.4, -0.2) is 21.8 Å². The van der Waals surface area contributed by atoms with Gasteiger partial charge in [-0.2, -0.15) is 0 Å². The van der Waals surface area contributed by atoms with Gasteiger partial charge in [0, 0.05) is 22.3 Å². The highest BCUT2D eigenvalue weighted by Crippen LogP contribution is 2.65. The van der Waals surface area contributed by atoms with E-state index < -0.39 is 5.97 Å². The largest absolute Gasteiger partial charge is 0.478 e. The van der Waals surface area contributed by atoms with Crippen LogP contribution in [-0.2, 0) is 11.2 Å². The van der Waals surface area contributed by atoms with Crippen LogP contribution in [0.1, 0.15) is 73.3 Å². The summed E-state index contributed by atoms with van der Waals surface area (Å²) < 4.78 is 0. The highest BCUT2D eigenvalue weighted by Gasteiger charge is 2.58. The van der Waals surface area contributed by atoms with Crippen LogP contribution in [0.2, 0.25) is 0 Å². The fourth-order valence-electron chi connectivity index (χ4n) is 7.54. The van der Waals surface area contributed by atoms with Crippen LogP contribution in [0, 0.1) is 28.6 Å². The van der Waals surface area contributed by atoms with E-state index in [0.717, 1.165) is 55.5 Å². The van der Waals surface area contributed by atoms with Crippen LogP contribution in [0.25, 0.3) is 16.1 Å². The fraction of sp³-hybridized carbons (Fsp3) is 0.519. The number of Topliss-reactive ketones (excluding diaryl/α,β-unsaturated/α-hetero) is 1. The topological polar surface area (TPSA) is 67.3 Å². The first-order chi connectivity index (χ1) is 15.3. The van der Waals surface area contributed by atoms with Crippen LogP contribution < -0.4 is 0 Å². The van der Waals surface area contributed by atoms with Gasteiger partial charge in [0.15, 0.2) is 0 Å². The molecule has 1 aromatic heterocycles. The number of fused-ring (bicyclic) bond motifs is 7. The number of hydrogen-bond donors (Lipinski definition) is 1. The van der Waals surface area contributed by atoms with Crippen LogP contribution >= 0.6 is 11.3 Å². The number of thiazole rings is 1. The molecule has 0 radical (unpaired) electrons. The molecule has 166 valence electrons. The summed E-state index contributed by atoms with van der Waals surface area (Å²) in [5.74, 6) is 1.41. The number of rotatable bonds is 2. The molecule has 2 saturated carbocycles. The molecule has 1 N–H and O–H groups in total. The minimum Gasteiger partial charge on any atom is -0.478 e. The van der Waals surface area contributed by atoms with Crippen molar-refractivity contribution in [2.75, 3.05) is 0 Å². The average molecular weight is 448 g/mol. The molecule has 5 heteroatoms. The first-order valence-corrected chi connectivity index (χ1v) is 12.7. The first kappa shape index (κ1) is 20.3. The second-order valence-electron chi connectivity index (χ2n) is 10.7. The van der Waals surface area contributed by atoms with E-state index in [9.17, 15) is 14.7 Å². The molecular formula is C27H29NO3S. The SMILES string of the molecule is C[C@]12CCc3sc(-c4ccc(C(=O)O)cc4)nc3C1=CC[C@@H]1[C@@H]2CC[C@]2(C)C(=O)CC[C@@H]12. The van der Waals surface area contributed by atoms with Crippen molar-refractivity contribution in [2.45, 2.75) is 58.8 Å². The lowest BCUT2D eigenvalue weighted by Gasteiger charge is -2.55. The molecule has 0 unspecified atom stereocenters. The average Bonchev–Trinajstić information content (AvgIpc) is 3.34. The molecular weight excluding hydrogens is 418 g/mol. The van der Waals surface area contributed by atoms with Gasteiger partial charge in [-0.1, -0.05) is 32.1 Å². The second-order valence-corrected chi connectivity index (χ2v) is 11.8. The molecule has 0 spiro atoms. The molecule has 5 atom stereocenters. The lowest BCUT2D eigenvalue weighted by molar-refractivity contribution is -0.131. The predicted molar refractivity (Wildman–Crippen MR) is 126 cm³/mol. The Hall–Kier alpha value is -2.27. The fourth-order valence-corrected chi connectivity index (χ4v) is 8.62. The van der Waals surface area contributed by atoms with E-state index in [0.29, 0.717) is 29.1 Å². The number of hydrogen-bond acceptors (Lipinski definition) is 4. The number of ketones is 1. The van der Waals surface area contributed by atoms with E-state index in [1.807, 2.05) is 12.1 Å². The molecule has 1 heterocycles. The first-order valence-electron chi connectivity index (χ1n) is 11.9. The maximum absolute atomic E-state index is 12.7. The smallest absolute Gasteiger partial charge is 0.335 e. The van der Waals surface area contributed by atoms with Crippen molar-refractivity contribution in [3.05, 3.63) is 46.5 Å². The Morgan fingerprint density at radius 2 is 1.81 bits per heavy atom. The van der Waals surface area contributed by atoms with Crippen molar-refractivity contribution in [2.24, 2.45) is 28.6 Å². The highest BCUT2D eigenvalue weighted by atomic mass is 32.1. The van der Waals surface area contributed by atoms with Crippen LogP contribution in [0.15, 0.2) is 30.3 Å². The van der Waals surface area contributed by atoms with Gasteiger partial charge in [0.25, 0.3) is 0 Å². The van der Waals surface area contributed by atoms with Gasteiger partial charge in [-0.3, -0.25) is 4.79 Å². The van der Waals surface area contributed by atoms with E-state index in [4.69, 9.17) is 4.98 Å². The molecule has 1 aromatic carbocycles. The van der Waals surface area contributed by atoms with Crippen molar-refractivity contribution in [1.29, 1.82) is 0 Å². The maximum Gasteiger partial charge on any atom is 0.335 e. The van der Waals surface area contributed by atoms with Gasteiger partial charge in [0.2, 0.25) is 0 Å². The van der Waals surface area contributed by atoms with E-state index in [-0.39, 0.29) is 10.8 Å². The Morgan fingerprint density at radius 1 is 1.06 bits per heavy atom. The molecule has 0 amide bonds. The third-order valence-corrected chi connectivity index (χ3v) is 10.5. The van der Waals surface area contributed by atoms with Gasteiger partial charge in [0.1, 0.15) is 10.8 Å². The molecule has 4 aliphatic rings. The van der Waals surface area contributed by atoms with Crippen molar-refractivity contribution >= 4 is 28.7 Å². The number of aryl methyl sites for hydroxylation is 1. The molecule has 0 aliphatic heterocycles. The summed E-state index contributed by atoms with van der Waals surface area (Å²) in [6, 6.07) is 7.07. The van der Waals surface area contributed by atoms with Crippen LogP contribution in [0.4, 0.5) is 0 Å². The molecule has 32 heavy (non-hydrogen) atoms. The standard InChI is InChI=1S/C27H29NO3S/c1-26-14-12-21-23(28-24(32-21)15-3-5-16(6-4-15)25(30)31)20(26)8-7-17-18-9-10-22(29)27(18,2)13-11-19(17)26/h3-6,8,17-19H,7,9-14H2,1-2H3,(H,30,31)/t17-,18-,19-,26+,27-/m0/s1. The zero-order chi connectivity index (χ0) is 22.3. The van der Waals surface area contributed by atoms with Gasteiger partial charge in [-0.15, -0.1) is 11.3 Å². The van der Waals surface area contributed by atoms with Gasteiger partial charge in [-0.25, -0.2) is 9.78 Å². The number of benzene rings is 1. The monoisotopic (exact) mass is 447 g/mol. The molecule has 4 nitrogen and oxygen atoms in total. The van der Waals surface area contributed by atoms with E-state index in [2.05, 4.69) is 19.9 Å². The zero-order valence-corrected chi connectivity index (χ0v) is 19.5. The molecule has 0 saturated heterocycles. The lowest BCUT2D eigenvalue weighted by atomic mass is 9.48. The van der Waals surface area contributed by atoms with Gasteiger partial charge in [-0.05, 0) is 79.4 Å². The number of aromatic nitrogens is 1. The summed E-state index contributed by atoms with van der Waals surface area (Å²) in [7, 11) is 0. The number of carboxylic acids is 1. The van der Waals surface area contributed by atoms with Gasteiger partial charge >= 0.3 is 5.97 Å². The predicted octanol–water partition coefficient (Wildman–Crippen LogP) is 6.26. The van der Waals surface area contributed by atoms with E-state index in [1.54, 1.807) is 23.5 Å². The van der Waals surface area contributed by atoms with Gasteiger partial charge in [0.05, 0.1) is 11.3 Å². The molecule has 2 aromatic rings. The summed E-state index contributed by atoms with van der Waals surface area (Å²) in [5.41, 5.74) is 3.95. The number of aromatic carboxylic acids is 1. The van der Waals surface area contributed by atoms with Crippen molar-refractivity contribution < 1.29 is 14.7 Å². The minimum atomic E-state index is -0.903. The molecule has 6 rings (SSSR count). The zero-order valence-electron chi connectivity index (χ0n) is 18.7. The minimum absolute atomic E-state index is 0.0847. The van der Waals surface area contributed by atoms with Gasteiger partial charge < -0.3 is 5.11 Å². The number of nitrogens with zero attached hydrogens (tertiary/aromatic N) is 1. The Labute approximate surface area is 192 Å². The Morgan fingerprint density at radius 3 is 2.56 bits per heavy atom. The number of allylic oxidation sites excluding steroid dienone is 2. The molecule has 4 aliphatic carbocycles. The number of carboxylic acid groups (broad SMARTS) is 1. The van der Waals surface area contributed by atoms with E-state index in [1.165, 1.54) is 16.1 Å². The number of carbonyl (C=O) groups is 2. The molecule has 0 bridgehead atoms. The van der Waals surface area contributed by atoms with Crippen LogP contribution in [0.3, 0.4) is 0 Å². The summed E-state index contributed by atoms with van der Waals surface area (Å²) in [6.07, 6.45) is 9.80. The maximum atomic E-state index is 12.7. The quantitative estimate of drug-likeness (QED) is 0.590. The van der Waals surface area contributed by atoms with Crippen molar-refractivity contribution in [3.63, 3.8) is 0 Å². The molecule has 2 fully saturated rings. The third-order valence-electron chi connectivity index (χ3n) is 9.38. The lowest BCUT2D eigenvalue weighted by Crippen LogP contribution is -2.49. The summed E-state index contributed by atoms with van der Waals surface area (Å²) >= 11 is 1.76. The second kappa shape index (κ2) is 6.86. The van der Waals surface area contributed by atoms with Crippen molar-refractivity contribution in [3.8, 4) is 10.6 Å². The normalized spacial score (nSPS) is 35.4. The number of carbonyl (C=O) groups excluding carboxylic acids is 1. The van der Waals surface area contributed by atoms with E-state index >= 15 is 0 Å². The van der Waals surface area contributed by atoms with Crippen molar-refractivity contribution in [1.82, 2.24) is 4.98 Å². The summed E-state index contributed by atoms with van der Waals surface area (Å²) in [5, 5.41) is 10.2. The third kappa shape index (κ3) is 2.70. The van der Waals surface area contributed by atoms with Crippen LogP contribution in [0.5, 0.6) is 0 Å². The Balaban J connectivity index is 1.36. The Bertz CT molecular complexity index is 1160. The summed E-state index contributed by atoms with van der Waals surface area (Å²) in [6.45, 7) is 4.70.